The molecule has 2 heteroatoms. The lowest BCUT2D eigenvalue weighted by atomic mass is 9.84. The smallest absolute Gasteiger partial charge is 0.0173 e. The maximum atomic E-state index is 7.60. The summed E-state index contributed by atoms with van der Waals surface area (Å²) in [6.07, 6.45) is 4.75. The Morgan fingerprint density at radius 1 is 1.45 bits per heavy atom. The molecule has 2 fully saturated rings. The summed E-state index contributed by atoms with van der Waals surface area (Å²) in [5.41, 5.74) is 0.972. The molecular formula is C9H16N2. The highest BCUT2D eigenvalue weighted by Crippen LogP contribution is 2.33. The van der Waals surface area contributed by atoms with Crippen molar-refractivity contribution in [3.05, 3.63) is 0 Å². The SMILES string of the molecule is CN1CCC2CCC(=N)CC21. The Balaban J connectivity index is 2.07. The van der Waals surface area contributed by atoms with Gasteiger partial charge in [-0.05, 0) is 38.8 Å². The van der Waals surface area contributed by atoms with Crippen molar-refractivity contribution in [2.75, 3.05) is 13.6 Å². The molecule has 11 heavy (non-hydrogen) atoms. The minimum absolute atomic E-state index is 0.719. The van der Waals surface area contributed by atoms with Crippen LogP contribution in [0, 0.1) is 11.3 Å². The molecule has 0 bridgehead atoms. The van der Waals surface area contributed by atoms with Gasteiger partial charge in [0.05, 0.1) is 0 Å². The Bertz CT molecular complexity index is 176. The van der Waals surface area contributed by atoms with Crippen molar-refractivity contribution in [1.29, 1.82) is 5.41 Å². The summed E-state index contributed by atoms with van der Waals surface area (Å²) < 4.78 is 0. The summed E-state index contributed by atoms with van der Waals surface area (Å²) in [5, 5.41) is 7.60. The standard InChI is InChI=1S/C9H16N2/c1-11-5-4-7-2-3-8(10)6-9(7)11/h7,9-10H,2-6H2,1H3. The molecule has 1 aliphatic heterocycles. The van der Waals surface area contributed by atoms with E-state index in [4.69, 9.17) is 5.41 Å². The molecule has 62 valence electrons. The number of fused-ring (bicyclic) bond motifs is 1. The quantitative estimate of drug-likeness (QED) is 0.559. The highest BCUT2D eigenvalue weighted by molar-refractivity contribution is 5.82. The van der Waals surface area contributed by atoms with Crippen LogP contribution in [0.1, 0.15) is 25.7 Å². The Labute approximate surface area is 68.1 Å². The fourth-order valence-electron chi connectivity index (χ4n) is 2.46. The minimum Gasteiger partial charge on any atom is -0.310 e. The number of rotatable bonds is 0. The highest BCUT2D eigenvalue weighted by Gasteiger charge is 2.34. The van der Waals surface area contributed by atoms with Gasteiger partial charge in [-0.15, -0.1) is 0 Å². The van der Waals surface area contributed by atoms with Gasteiger partial charge in [0.25, 0.3) is 0 Å². The molecule has 0 aromatic carbocycles. The summed E-state index contributed by atoms with van der Waals surface area (Å²) in [7, 11) is 2.20. The van der Waals surface area contributed by atoms with E-state index in [1.54, 1.807) is 0 Å². The molecule has 0 aromatic heterocycles. The minimum atomic E-state index is 0.719. The number of hydrogen-bond acceptors (Lipinski definition) is 2. The zero-order valence-corrected chi connectivity index (χ0v) is 7.14. The number of nitrogens with zero attached hydrogens (tertiary/aromatic N) is 1. The van der Waals surface area contributed by atoms with Crippen molar-refractivity contribution in [2.45, 2.75) is 31.7 Å². The second-order valence-electron chi connectivity index (χ2n) is 3.94. The maximum absolute atomic E-state index is 7.60. The van der Waals surface area contributed by atoms with E-state index in [2.05, 4.69) is 11.9 Å². The first-order valence-corrected chi connectivity index (χ1v) is 4.54. The molecular weight excluding hydrogens is 136 g/mol. The summed E-state index contributed by atoms with van der Waals surface area (Å²) in [6, 6.07) is 0.719. The van der Waals surface area contributed by atoms with E-state index in [9.17, 15) is 0 Å². The third-order valence-electron chi connectivity index (χ3n) is 3.24. The van der Waals surface area contributed by atoms with Gasteiger partial charge in [-0.2, -0.15) is 0 Å². The summed E-state index contributed by atoms with van der Waals surface area (Å²) in [6.45, 7) is 1.25. The van der Waals surface area contributed by atoms with Gasteiger partial charge in [-0.3, -0.25) is 0 Å². The molecule has 0 aromatic rings. The highest BCUT2D eigenvalue weighted by atomic mass is 15.2. The Morgan fingerprint density at radius 3 is 3.09 bits per heavy atom. The van der Waals surface area contributed by atoms with Crippen molar-refractivity contribution >= 4 is 5.71 Å². The van der Waals surface area contributed by atoms with Crippen LogP contribution in [0.5, 0.6) is 0 Å². The van der Waals surface area contributed by atoms with E-state index in [0.717, 1.165) is 30.5 Å². The lowest BCUT2D eigenvalue weighted by Crippen LogP contribution is -2.34. The van der Waals surface area contributed by atoms with Crippen LogP contribution in [0.2, 0.25) is 0 Å². The van der Waals surface area contributed by atoms with E-state index >= 15 is 0 Å². The van der Waals surface area contributed by atoms with E-state index < -0.39 is 0 Å². The molecule has 0 amide bonds. The Kier molecular flexibility index (Phi) is 1.72. The van der Waals surface area contributed by atoms with E-state index in [0.29, 0.717) is 0 Å². The monoisotopic (exact) mass is 152 g/mol. The fraction of sp³-hybridized carbons (Fsp3) is 0.889. The summed E-state index contributed by atoms with van der Waals surface area (Å²) in [4.78, 5) is 2.43. The van der Waals surface area contributed by atoms with Crippen LogP contribution in [-0.4, -0.2) is 30.2 Å². The lowest BCUT2D eigenvalue weighted by molar-refractivity contribution is 0.260. The van der Waals surface area contributed by atoms with Gasteiger partial charge in [-0.25, -0.2) is 0 Å². The van der Waals surface area contributed by atoms with Gasteiger partial charge in [0.15, 0.2) is 0 Å². The van der Waals surface area contributed by atoms with Gasteiger partial charge in [-0.1, -0.05) is 0 Å². The predicted octanol–water partition coefficient (Wildman–Crippen LogP) is 1.51. The molecule has 2 rings (SSSR count). The normalized spacial score (nSPS) is 39.2. The van der Waals surface area contributed by atoms with Crippen LogP contribution in [0.15, 0.2) is 0 Å². The van der Waals surface area contributed by atoms with Crippen LogP contribution >= 0.6 is 0 Å². The molecule has 1 saturated heterocycles. The molecule has 2 unspecified atom stereocenters. The van der Waals surface area contributed by atoms with Crippen molar-refractivity contribution in [1.82, 2.24) is 4.90 Å². The first-order valence-electron chi connectivity index (χ1n) is 4.54. The second-order valence-corrected chi connectivity index (χ2v) is 3.94. The predicted molar refractivity (Wildman–Crippen MR) is 46.1 cm³/mol. The third-order valence-corrected chi connectivity index (χ3v) is 3.24. The fourth-order valence-corrected chi connectivity index (χ4v) is 2.46. The molecule has 1 heterocycles. The Hall–Kier alpha value is -0.370. The van der Waals surface area contributed by atoms with Crippen molar-refractivity contribution in [2.24, 2.45) is 5.92 Å². The van der Waals surface area contributed by atoms with Crippen LogP contribution in [0.3, 0.4) is 0 Å². The van der Waals surface area contributed by atoms with Gasteiger partial charge in [0, 0.05) is 18.2 Å². The van der Waals surface area contributed by atoms with E-state index in [1.807, 2.05) is 0 Å². The average molecular weight is 152 g/mol. The van der Waals surface area contributed by atoms with Gasteiger partial charge in [0.1, 0.15) is 0 Å². The van der Waals surface area contributed by atoms with Crippen molar-refractivity contribution in [3.8, 4) is 0 Å². The molecule has 2 aliphatic rings. The second kappa shape index (κ2) is 2.59. The van der Waals surface area contributed by atoms with Crippen molar-refractivity contribution in [3.63, 3.8) is 0 Å². The first-order chi connectivity index (χ1) is 5.27. The van der Waals surface area contributed by atoms with Gasteiger partial charge in [0.2, 0.25) is 0 Å². The van der Waals surface area contributed by atoms with Crippen LogP contribution in [0.25, 0.3) is 0 Å². The van der Waals surface area contributed by atoms with Crippen LogP contribution < -0.4 is 0 Å². The number of nitrogens with one attached hydrogen (secondary N) is 1. The number of hydrogen-bond donors (Lipinski definition) is 1. The average Bonchev–Trinajstić information content (AvgIpc) is 2.33. The Morgan fingerprint density at radius 2 is 2.27 bits per heavy atom. The van der Waals surface area contributed by atoms with E-state index in [-0.39, 0.29) is 0 Å². The lowest BCUT2D eigenvalue weighted by Gasteiger charge is -2.29. The van der Waals surface area contributed by atoms with Crippen LogP contribution in [-0.2, 0) is 0 Å². The molecule has 2 nitrogen and oxygen atoms in total. The molecule has 1 aliphatic carbocycles. The summed E-state index contributed by atoms with van der Waals surface area (Å²) >= 11 is 0. The topological polar surface area (TPSA) is 27.1 Å². The zero-order chi connectivity index (χ0) is 7.84. The molecule has 0 spiro atoms. The molecule has 2 atom stereocenters. The number of likely N-dealkylation sites (tertiary alicyclic amines) is 1. The van der Waals surface area contributed by atoms with Crippen molar-refractivity contribution < 1.29 is 0 Å². The summed E-state index contributed by atoms with van der Waals surface area (Å²) in [5.74, 6) is 0.911. The third kappa shape index (κ3) is 1.20. The van der Waals surface area contributed by atoms with Gasteiger partial charge < -0.3 is 10.3 Å². The van der Waals surface area contributed by atoms with E-state index in [1.165, 1.54) is 19.4 Å². The largest absolute Gasteiger partial charge is 0.310 e. The van der Waals surface area contributed by atoms with Crippen LogP contribution in [0.4, 0.5) is 0 Å². The molecule has 0 radical (unpaired) electrons. The molecule has 1 saturated carbocycles. The zero-order valence-electron chi connectivity index (χ0n) is 7.14. The first kappa shape index (κ1) is 7.29. The maximum Gasteiger partial charge on any atom is 0.0173 e. The van der Waals surface area contributed by atoms with Gasteiger partial charge >= 0.3 is 0 Å². The molecule has 1 N–H and O–H groups in total.